The summed E-state index contributed by atoms with van der Waals surface area (Å²) in [5, 5.41) is 10.6. The molecule has 0 atom stereocenters. The van der Waals surface area contributed by atoms with Crippen LogP contribution in [0.4, 0.5) is 4.79 Å². The van der Waals surface area contributed by atoms with Gasteiger partial charge in [-0.2, -0.15) is 5.10 Å². The maximum Gasteiger partial charge on any atom is 0.317 e. The minimum atomic E-state index is 0.00594. The minimum absolute atomic E-state index is 0.00594. The molecule has 6 heteroatoms. The summed E-state index contributed by atoms with van der Waals surface area (Å²) in [5.74, 6) is 0.857. The van der Waals surface area contributed by atoms with Crippen molar-refractivity contribution >= 4 is 18.6 Å². The Morgan fingerprint density at radius 1 is 1.15 bits per heavy atom. The molecule has 6 nitrogen and oxygen atoms in total. The third kappa shape index (κ3) is 4.08. The van der Waals surface area contributed by atoms with Gasteiger partial charge in [-0.15, -0.1) is 5.10 Å². The Labute approximate surface area is 121 Å². The van der Waals surface area contributed by atoms with Crippen molar-refractivity contribution in [1.82, 2.24) is 15.1 Å². The van der Waals surface area contributed by atoms with E-state index in [1.165, 1.54) is 5.57 Å². The van der Waals surface area contributed by atoms with Crippen LogP contribution in [0.5, 0.6) is 0 Å². The van der Waals surface area contributed by atoms with Gasteiger partial charge in [0.1, 0.15) is 0 Å². The molecule has 1 fully saturated rings. The molecule has 1 rings (SSSR count). The first-order valence-corrected chi connectivity index (χ1v) is 6.97. The Hall–Kier alpha value is -1.85. The summed E-state index contributed by atoms with van der Waals surface area (Å²) in [7, 11) is 0. The second kappa shape index (κ2) is 7.67. The van der Waals surface area contributed by atoms with E-state index in [0.717, 1.165) is 24.5 Å². The number of rotatable bonds is 3. The lowest BCUT2D eigenvalue weighted by Crippen LogP contribution is -2.53. The maximum absolute atomic E-state index is 11.8. The van der Waals surface area contributed by atoms with E-state index >= 15 is 0 Å². The fraction of sp³-hybridized carbons (Fsp3) is 0.643. The van der Waals surface area contributed by atoms with Crippen LogP contribution in [0.15, 0.2) is 21.3 Å². The van der Waals surface area contributed by atoms with Crippen molar-refractivity contribution in [2.24, 2.45) is 10.2 Å². The first kappa shape index (κ1) is 16.2. The van der Waals surface area contributed by atoms with Crippen molar-refractivity contribution in [2.75, 3.05) is 32.7 Å². The number of allylic oxidation sites excluding steroid dienone is 1. The highest BCUT2D eigenvalue weighted by Crippen LogP contribution is 2.12. The van der Waals surface area contributed by atoms with Crippen LogP contribution in [-0.2, 0) is 0 Å². The average molecular weight is 279 g/mol. The zero-order valence-corrected chi connectivity index (χ0v) is 12.9. The number of carbonyl (C=O) groups is 1. The van der Waals surface area contributed by atoms with Crippen molar-refractivity contribution in [2.45, 2.75) is 27.7 Å². The predicted molar refractivity (Wildman–Crippen MR) is 83.3 cm³/mol. The Balaban J connectivity index is 2.72. The van der Waals surface area contributed by atoms with Gasteiger partial charge < -0.3 is 15.1 Å². The molecule has 1 saturated heterocycles. The van der Waals surface area contributed by atoms with E-state index in [4.69, 9.17) is 0 Å². The van der Waals surface area contributed by atoms with E-state index in [-0.39, 0.29) is 6.03 Å². The summed E-state index contributed by atoms with van der Waals surface area (Å²) in [6.07, 6.45) is 0. The van der Waals surface area contributed by atoms with Crippen molar-refractivity contribution in [3.05, 3.63) is 11.1 Å². The van der Waals surface area contributed by atoms with E-state index < -0.39 is 0 Å². The summed E-state index contributed by atoms with van der Waals surface area (Å²) in [6, 6.07) is 0.00594. The number of nitrogens with zero attached hydrogens (tertiary/aromatic N) is 4. The molecule has 20 heavy (non-hydrogen) atoms. The Kier molecular flexibility index (Phi) is 6.21. The lowest BCUT2D eigenvalue weighted by molar-refractivity contribution is 0.170. The molecule has 1 N–H and O–H groups in total. The van der Waals surface area contributed by atoms with Crippen molar-refractivity contribution in [1.29, 1.82) is 0 Å². The predicted octanol–water partition coefficient (Wildman–Crippen LogP) is 1.70. The molecule has 1 heterocycles. The molecule has 0 aromatic carbocycles. The molecule has 0 radical (unpaired) electrons. The third-order valence-corrected chi connectivity index (χ3v) is 3.45. The third-order valence-electron chi connectivity index (χ3n) is 3.45. The average Bonchev–Trinajstić information content (AvgIpc) is 2.44. The summed E-state index contributed by atoms with van der Waals surface area (Å²) < 4.78 is 0. The van der Waals surface area contributed by atoms with Crippen LogP contribution < -0.4 is 5.32 Å². The fourth-order valence-electron chi connectivity index (χ4n) is 2.05. The molecular weight excluding hydrogens is 254 g/mol. The highest BCUT2D eigenvalue weighted by molar-refractivity contribution is 5.98. The molecule has 0 bridgehead atoms. The smallest absolute Gasteiger partial charge is 0.317 e. The van der Waals surface area contributed by atoms with Gasteiger partial charge in [0.2, 0.25) is 0 Å². The first-order valence-electron chi connectivity index (χ1n) is 6.97. The summed E-state index contributed by atoms with van der Waals surface area (Å²) in [6.45, 7) is 15.1. The Morgan fingerprint density at radius 2 is 1.70 bits per heavy atom. The van der Waals surface area contributed by atoms with Gasteiger partial charge in [-0.25, -0.2) is 4.79 Å². The van der Waals surface area contributed by atoms with Gasteiger partial charge in [-0.3, -0.25) is 0 Å². The highest BCUT2D eigenvalue weighted by Gasteiger charge is 2.23. The molecule has 0 saturated carbocycles. The van der Waals surface area contributed by atoms with E-state index in [0.29, 0.717) is 19.6 Å². The van der Waals surface area contributed by atoms with Gasteiger partial charge in [-0.05, 0) is 33.3 Å². The van der Waals surface area contributed by atoms with Crippen LogP contribution in [0.2, 0.25) is 0 Å². The van der Waals surface area contributed by atoms with Gasteiger partial charge in [0, 0.05) is 39.4 Å². The Morgan fingerprint density at radius 3 is 2.15 bits per heavy atom. The fourth-order valence-corrected chi connectivity index (χ4v) is 2.05. The standard InChI is InChI=1S/C14H25N5O/c1-6-16-14(20)19-9-7-18(8-10-19)13(17-15-5)12(4)11(2)3/h5-10H2,1-4H3,(H,16,20)/b17-13+. The molecule has 1 aliphatic rings. The van der Waals surface area contributed by atoms with Crippen molar-refractivity contribution in [3.8, 4) is 0 Å². The van der Waals surface area contributed by atoms with Crippen LogP contribution in [0.25, 0.3) is 0 Å². The molecular formula is C14H25N5O. The van der Waals surface area contributed by atoms with Crippen LogP contribution in [0, 0.1) is 0 Å². The monoisotopic (exact) mass is 279 g/mol. The summed E-state index contributed by atoms with van der Waals surface area (Å²) >= 11 is 0. The van der Waals surface area contributed by atoms with Gasteiger partial charge in [0.15, 0.2) is 5.84 Å². The topological polar surface area (TPSA) is 60.3 Å². The second-order valence-corrected chi connectivity index (χ2v) is 5.00. The lowest BCUT2D eigenvalue weighted by Gasteiger charge is -2.36. The van der Waals surface area contributed by atoms with Gasteiger partial charge >= 0.3 is 6.03 Å². The van der Waals surface area contributed by atoms with Crippen LogP contribution in [0.1, 0.15) is 27.7 Å². The zero-order chi connectivity index (χ0) is 15.1. The number of amidine groups is 1. The number of hydrogen-bond acceptors (Lipinski definition) is 3. The van der Waals surface area contributed by atoms with Gasteiger partial charge in [-0.1, -0.05) is 5.57 Å². The normalized spacial score (nSPS) is 15.9. The molecule has 0 spiro atoms. The molecule has 1 aliphatic heterocycles. The number of hydrogen-bond donors (Lipinski definition) is 1. The largest absolute Gasteiger partial charge is 0.351 e. The number of carbonyl (C=O) groups excluding carboxylic acids is 1. The SMILES string of the molecule is C=N/N=C(\C(C)=C(C)C)N1CCN(C(=O)NCC)CC1. The van der Waals surface area contributed by atoms with Crippen LogP contribution in [-0.4, -0.2) is 61.1 Å². The molecule has 2 amide bonds. The van der Waals surface area contributed by atoms with E-state index in [1.807, 2.05) is 18.7 Å². The highest BCUT2D eigenvalue weighted by atomic mass is 16.2. The number of piperazine rings is 1. The number of urea groups is 1. The quantitative estimate of drug-likeness (QED) is 0.485. The summed E-state index contributed by atoms with van der Waals surface area (Å²) in [5.41, 5.74) is 2.32. The molecule has 0 aromatic heterocycles. The second-order valence-electron chi connectivity index (χ2n) is 5.00. The number of nitrogens with one attached hydrogen (secondary N) is 1. The maximum atomic E-state index is 11.8. The first-order chi connectivity index (χ1) is 9.51. The van der Waals surface area contributed by atoms with Gasteiger partial charge in [0.05, 0.1) is 0 Å². The van der Waals surface area contributed by atoms with Crippen LogP contribution in [0.3, 0.4) is 0 Å². The molecule has 112 valence electrons. The summed E-state index contributed by atoms with van der Waals surface area (Å²) in [4.78, 5) is 15.8. The van der Waals surface area contributed by atoms with E-state index in [2.05, 4.69) is 41.0 Å². The molecule has 0 aromatic rings. The molecule has 0 unspecified atom stereocenters. The van der Waals surface area contributed by atoms with Gasteiger partial charge in [0.25, 0.3) is 0 Å². The number of amides is 2. The van der Waals surface area contributed by atoms with E-state index in [1.54, 1.807) is 0 Å². The Bertz CT molecular complexity index is 415. The lowest BCUT2D eigenvalue weighted by atomic mass is 10.1. The van der Waals surface area contributed by atoms with Crippen molar-refractivity contribution < 1.29 is 4.79 Å². The minimum Gasteiger partial charge on any atom is -0.351 e. The van der Waals surface area contributed by atoms with Crippen LogP contribution >= 0.6 is 0 Å². The van der Waals surface area contributed by atoms with Crippen molar-refractivity contribution in [3.63, 3.8) is 0 Å². The molecule has 0 aliphatic carbocycles. The zero-order valence-electron chi connectivity index (χ0n) is 12.9. The van der Waals surface area contributed by atoms with E-state index in [9.17, 15) is 4.79 Å².